The number of rotatable bonds is 4. The van der Waals surface area contributed by atoms with Gasteiger partial charge in [-0.2, -0.15) is 0 Å². The standard InChI is InChI=1S/C14H18N2O/c1-4-15-14-8-11(9-17-3)16-13-6-5-10(2)7-12(13)14/h5-8H,4,9H2,1-3H3,(H,15,16). The Hall–Kier alpha value is -1.61. The van der Waals surface area contributed by atoms with Crippen molar-refractivity contribution in [2.24, 2.45) is 0 Å². The Morgan fingerprint density at radius 1 is 1.29 bits per heavy atom. The summed E-state index contributed by atoms with van der Waals surface area (Å²) < 4.78 is 5.14. The Labute approximate surface area is 102 Å². The molecule has 17 heavy (non-hydrogen) atoms. The molecule has 0 atom stereocenters. The van der Waals surface area contributed by atoms with E-state index in [-0.39, 0.29) is 0 Å². The van der Waals surface area contributed by atoms with E-state index in [1.165, 1.54) is 10.9 Å². The van der Waals surface area contributed by atoms with Crippen LogP contribution in [0.4, 0.5) is 5.69 Å². The number of benzene rings is 1. The summed E-state index contributed by atoms with van der Waals surface area (Å²) in [6.45, 7) is 5.64. The van der Waals surface area contributed by atoms with Gasteiger partial charge in [0.05, 0.1) is 17.8 Å². The zero-order valence-electron chi connectivity index (χ0n) is 10.6. The van der Waals surface area contributed by atoms with Crippen molar-refractivity contribution in [1.29, 1.82) is 0 Å². The van der Waals surface area contributed by atoms with Gasteiger partial charge in [-0.1, -0.05) is 11.6 Å². The van der Waals surface area contributed by atoms with E-state index in [4.69, 9.17) is 4.74 Å². The van der Waals surface area contributed by atoms with Gasteiger partial charge in [0.2, 0.25) is 0 Å². The molecule has 1 aromatic carbocycles. The van der Waals surface area contributed by atoms with E-state index in [2.05, 4.69) is 48.4 Å². The van der Waals surface area contributed by atoms with Crippen LogP contribution in [0.2, 0.25) is 0 Å². The minimum atomic E-state index is 0.544. The Balaban J connectivity index is 2.58. The molecular weight excluding hydrogens is 212 g/mol. The molecule has 1 N–H and O–H groups in total. The van der Waals surface area contributed by atoms with Crippen molar-refractivity contribution in [2.45, 2.75) is 20.5 Å². The van der Waals surface area contributed by atoms with Gasteiger partial charge in [0, 0.05) is 24.7 Å². The van der Waals surface area contributed by atoms with Crippen LogP contribution in [0.3, 0.4) is 0 Å². The van der Waals surface area contributed by atoms with Crippen molar-refractivity contribution in [3.05, 3.63) is 35.5 Å². The third-order valence-electron chi connectivity index (χ3n) is 2.68. The maximum absolute atomic E-state index is 5.14. The van der Waals surface area contributed by atoms with E-state index in [0.29, 0.717) is 6.61 Å². The molecule has 0 aliphatic heterocycles. The molecule has 3 heteroatoms. The molecule has 1 aromatic heterocycles. The highest BCUT2D eigenvalue weighted by atomic mass is 16.5. The molecule has 0 spiro atoms. The van der Waals surface area contributed by atoms with Gasteiger partial charge in [-0.15, -0.1) is 0 Å². The van der Waals surface area contributed by atoms with Gasteiger partial charge < -0.3 is 10.1 Å². The van der Waals surface area contributed by atoms with Crippen LogP contribution < -0.4 is 5.32 Å². The maximum Gasteiger partial charge on any atom is 0.0885 e. The van der Waals surface area contributed by atoms with E-state index < -0.39 is 0 Å². The Morgan fingerprint density at radius 2 is 2.12 bits per heavy atom. The van der Waals surface area contributed by atoms with Gasteiger partial charge in [-0.25, -0.2) is 0 Å². The molecule has 0 aliphatic carbocycles. The maximum atomic E-state index is 5.14. The first-order valence-corrected chi connectivity index (χ1v) is 5.87. The number of ether oxygens (including phenoxy) is 1. The lowest BCUT2D eigenvalue weighted by atomic mass is 10.1. The average Bonchev–Trinajstić information content (AvgIpc) is 2.31. The van der Waals surface area contributed by atoms with E-state index in [1.54, 1.807) is 7.11 Å². The van der Waals surface area contributed by atoms with Gasteiger partial charge in [0.1, 0.15) is 0 Å². The van der Waals surface area contributed by atoms with E-state index in [1.807, 2.05) is 0 Å². The van der Waals surface area contributed by atoms with Crippen molar-refractivity contribution in [3.63, 3.8) is 0 Å². The highest BCUT2D eigenvalue weighted by Crippen LogP contribution is 2.24. The monoisotopic (exact) mass is 230 g/mol. The second-order valence-electron chi connectivity index (χ2n) is 4.15. The summed E-state index contributed by atoms with van der Waals surface area (Å²) >= 11 is 0. The quantitative estimate of drug-likeness (QED) is 0.876. The fourth-order valence-electron chi connectivity index (χ4n) is 1.95. The number of hydrogen-bond acceptors (Lipinski definition) is 3. The van der Waals surface area contributed by atoms with Crippen LogP contribution in [0.1, 0.15) is 18.2 Å². The molecule has 0 saturated heterocycles. The molecule has 0 radical (unpaired) electrons. The van der Waals surface area contributed by atoms with Gasteiger partial charge in [-0.3, -0.25) is 4.98 Å². The summed E-state index contributed by atoms with van der Waals surface area (Å²) in [5.41, 5.74) is 4.35. The summed E-state index contributed by atoms with van der Waals surface area (Å²) in [5, 5.41) is 4.55. The number of aromatic nitrogens is 1. The second kappa shape index (κ2) is 5.15. The fraction of sp³-hybridized carbons (Fsp3) is 0.357. The molecule has 0 saturated carbocycles. The molecule has 0 fully saturated rings. The largest absolute Gasteiger partial charge is 0.385 e. The number of anilines is 1. The molecule has 3 nitrogen and oxygen atoms in total. The van der Waals surface area contributed by atoms with Crippen LogP contribution in [0, 0.1) is 6.92 Å². The normalized spacial score (nSPS) is 10.8. The molecule has 1 heterocycles. The van der Waals surface area contributed by atoms with Crippen LogP contribution in [-0.2, 0) is 11.3 Å². The number of nitrogens with one attached hydrogen (secondary N) is 1. The second-order valence-corrected chi connectivity index (χ2v) is 4.15. The number of methoxy groups -OCH3 is 1. The molecule has 0 bridgehead atoms. The summed E-state index contributed by atoms with van der Waals surface area (Å²) in [6.07, 6.45) is 0. The van der Waals surface area contributed by atoms with Crippen molar-refractivity contribution in [1.82, 2.24) is 4.98 Å². The van der Waals surface area contributed by atoms with Crippen molar-refractivity contribution < 1.29 is 4.74 Å². The lowest BCUT2D eigenvalue weighted by Gasteiger charge is -2.11. The van der Waals surface area contributed by atoms with Gasteiger partial charge in [0.25, 0.3) is 0 Å². The Bertz CT molecular complexity index is 523. The smallest absolute Gasteiger partial charge is 0.0885 e. The SMILES string of the molecule is CCNc1cc(COC)nc2ccc(C)cc12. The summed E-state index contributed by atoms with van der Waals surface area (Å²) in [6, 6.07) is 8.37. The Morgan fingerprint density at radius 3 is 2.82 bits per heavy atom. The first-order chi connectivity index (χ1) is 8.24. The highest BCUT2D eigenvalue weighted by Gasteiger charge is 2.05. The zero-order chi connectivity index (χ0) is 12.3. The van der Waals surface area contributed by atoms with Crippen molar-refractivity contribution in [2.75, 3.05) is 19.0 Å². The molecular formula is C14H18N2O. The summed E-state index contributed by atoms with van der Waals surface area (Å²) in [5.74, 6) is 0. The van der Waals surface area contributed by atoms with Gasteiger partial charge >= 0.3 is 0 Å². The predicted molar refractivity (Wildman–Crippen MR) is 71.4 cm³/mol. The fourth-order valence-corrected chi connectivity index (χ4v) is 1.95. The van der Waals surface area contributed by atoms with Gasteiger partial charge in [-0.05, 0) is 32.0 Å². The van der Waals surface area contributed by atoms with Gasteiger partial charge in [0.15, 0.2) is 0 Å². The highest BCUT2D eigenvalue weighted by molar-refractivity contribution is 5.91. The van der Waals surface area contributed by atoms with E-state index in [9.17, 15) is 0 Å². The Kier molecular flexibility index (Phi) is 3.59. The number of aryl methyl sites for hydroxylation is 1. The molecule has 2 aromatic rings. The lowest BCUT2D eigenvalue weighted by molar-refractivity contribution is 0.182. The van der Waals surface area contributed by atoms with Crippen LogP contribution in [0.15, 0.2) is 24.3 Å². The minimum Gasteiger partial charge on any atom is -0.385 e. The third kappa shape index (κ3) is 2.56. The topological polar surface area (TPSA) is 34.1 Å². The van der Waals surface area contributed by atoms with Crippen LogP contribution in [0.25, 0.3) is 10.9 Å². The number of fused-ring (bicyclic) bond motifs is 1. The van der Waals surface area contributed by atoms with Crippen LogP contribution in [0.5, 0.6) is 0 Å². The summed E-state index contributed by atoms with van der Waals surface area (Å²) in [7, 11) is 1.69. The number of pyridine rings is 1. The number of hydrogen-bond donors (Lipinski definition) is 1. The van der Waals surface area contributed by atoms with E-state index in [0.717, 1.165) is 23.4 Å². The predicted octanol–water partition coefficient (Wildman–Crippen LogP) is 3.12. The zero-order valence-corrected chi connectivity index (χ0v) is 10.6. The first kappa shape index (κ1) is 11.9. The third-order valence-corrected chi connectivity index (χ3v) is 2.68. The summed E-state index contributed by atoms with van der Waals surface area (Å²) in [4.78, 5) is 4.58. The molecule has 0 amide bonds. The van der Waals surface area contributed by atoms with Crippen molar-refractivity contribution >= 4 is 16.6 Å². The number of nitrogens with zero attached hydrogens (tertiary/aromatic N) is 1. The molecule has 0 unspecified atom stereocenters. The first-order valence-electron chi connectivity index (χ1n) is 5.87. The molecule has 2 rings (SSSR count). The average molecular weight is 230 g/mol. The minimum absolute atomic E-state index is 0.544. The van der Waals surface area contributed by atoms with E-state index >= 15 is 0 Å². The van der Waals surface area contributed by atoms with Crippen LogP contribution >= 0.6 is 0 Å². The van der Waals surface area contributed by atoms with Crippen molar-refractivity contribution in [3.8, 4) is 0 Å². The molecule has 0 aliphatic rings. The van der Waals surface area contributed by atoms with Crippen LogP contribution in [-0.4, -0.2) is 18.6 Å². The molecule has 90 valence electrons. The lowest BCUT2D eigenvalue weighted by Crippen LogP contribution is -2.01.